The predicted molar refractivity (Wildman–Crippen MR) is 112 cm³/mol. The molecule has 8 heteroatoms. The van der Waals surface area contributed by atoms with Gasteiger partial charge in [0.15, 0.2) is 0 Å². The van der Waals surface area contributed by atoms with Crippen LogP contribution in [0.5, 0.6) is 0 Å². The number of carbonyl (C=O) groups excluding carboxylic acids is 1. The highest BCUT2D eigenvalue weighted by Crippen LogP contribution is 2.21. The van der Waals surface area contributed by atoms with Crippen molar-refractivity contribution in [1.82, 2.24) is 14.2 Å². The van der Waals surface area contributed by atoms with Gasteiger partial charge in [-0.3, -0.25) is 4.98 Å². The first-order valence-electron chi connectivity index (χ1n) is 8.84. The van der Waals surface area contributed by atoms with Crippen LogP contribution in [0.1, 0.15) is 11.1 Å². The Morgan fingerprint density at radius 3 is 2.21 bits per heavy atom. The molecule has 0 unspecified atom stereocenters. The molecule has 2 amide bonds. The summed E-state index contributed by atoms with van der Waals surface area (Å²) in [7, 11) is -2.53. The van der Waals surface area contributed by atoms with E-state index in [9.17, 15) is 13.2 Å². The van der Waals surface area contributed by atoms with Gasteiger partial charge in [-0.25, -0.2) is 17.5 Å². The maximum absolute atomic E-state index is 13.2. The van der Waals surface area contributed by atoms with E-state index in [4.69, 9.17) is 11.6 Å². The SMILES string of the molecule is CN(Cc1ccccc1)C(=O)N(Cc1ccc(Cl)cc1)S(=O)(=O)c1cccnc1. The number of halogens is 1. The smallest absolute Gasteiger partial charge is 0.323 e. The summed E-state index contributed by atoms with van der Waals surface area (Å²) in [6.45, 7) is 0.158. The van der Waals surface area contributed by atoms with E-state index in [2.05, 4.69) is 4.98 Å². The van der Waals surface area contributed by atoms with Gasteiger partial charge in [0.1, 0.15) is 4.90 Å². The first-order valence-corrected chi connectivity index (χ1v) is 10.7. The van der Waals surface area contributed by atoms with Crippen molar-refractivity contribution >= 4 is 27.7 Å². The largest absolute Gasteiger partial charge is 0.334 e. The molecule has 0 N–H and O–H groups in total. The zero-order valence-corrected chi connectivity index (χ0v) is 17.3. The number of aromatic nitrogens is 1. The lowest BCUT2D eigenvalue weighted by atomic mass is 10.2. The Morgan fingerprint density at radius 1 is 0.931 bits per heavy atom. The topological polar surface area (TPSA) is 70.6 Å². The van der Waals surface area contributed by atoms with Crippen LogP contribution >= 0.6 is 11.6 Å². The van der Waals surface area contributed by atoms with Gasteiger partial charge in [-0.1, -0.05) is 54.1 Å². The first-order chi connectivity index (χ1) is 13.9. The van der Waals surface area contributed by atoms with Crippen molar-refractivity contribution in [2.75, 3.05) is 7.05 Å². The lowest BCUT2D eigenvalue weighted by Crippen LogP contribution is -2.43. The summed E-state index contributed by atoms with van der Waals surface area (Å²) in [6.07, 6.45) is 2.71. The molecule has 0 aliphatic rings. The summed E-state index contributed by atoms with van der Waals surface area (Å²) in [6, 6.07) is 18.4. The number of urea groups is 1. The molecule has 0 aliphatic carbocycles. The second kappa shape index (κ2) is 9.07. The van der Waals surface area contributed by atoms with E-state index in [0.29, 0.717) is 10.6 Å². The van der Waals surface area contributed by atoms with Crippen LogP contribution in [-0.2, 0) is 23.1 Å². The number of nitrogens with zero attached hydrogens (tertiary/aromatic N) is 3. The van der Waals surface area contributed by atoms with Gasteiger partial charge in [0.25, 0.3) is 10.0 Å². The number of hydrogen-bond donors (Lipinski definition) is 0. The summed E-state index contributed by atoms with van der Waals surface area (Å²) in [5.74, 6) is 0. The molecule has 1 aromatic heterocycles. The van der Waals surface area contributed by atoms with E-state index in [1.165, 1.54) is 29.4 Å². The van der Waals surface area contributed by atoms with E-state index in [0.717, 1.165) is 9.87 Å². The Morgan fingerprint density at radius 2 is 1.59 bits per heavy atom. The fourth-order valence-corrected chi connectivity index (χ4v) is 4.24. The first kappa shape index (κ1) is 20.8. The normalized spacial score (nSPS) is 11.1. The van der Waals surface area contributed by atoms with Gasteiger partial charge in [-0.2, -0.15) is 0 Å². The van der Waals surface area contributed by atoms with Gasteiger partial charge in [-0.05, 0) is 35.4 Å². The van der Waals surface area contributed by atoms with Crippen molar-refractivity contribution in [3.05, 3.63) is 95.3 Å². The van der Waals surface area contributed by atoms with Crippen LogP contribution in [0.3, 0.4) is 0 Å². The number of rotatable bonds is 6. The molecule has 0 fully saturated rings. The number of sulfonamides is 1. The van der Waals surface area contributed by atoms with Crippen molar-refractivity contribution in [2.24, 2.45) is 0 Å². The third kappa shape index (κ3) is 5.13. The van der Waals surface area contributed by atoms with Crippen molar-refractivity contribution in [3.63, 3.8) is 0 Å². The lowest BCUT2D eigenvalue weighted by molar-refractivity contribution is 0.185. The van der Waals surface area contributed by atoms with Crippen molar-refractivity contribution in [3.8, 4) is 0 Å². The number of benzene rings is 2. The van der Waals surface area contributed by atoms with E-state index in [-0.39, 0.29) is 18.0 Å². The molecule has 0 bridgehead atoms. The molecule has 3 aromatic rings. The monoisotopic (exact) mass is 429 g/mol. The molecule has 0 saturated heterocycles. The Kier molecular flexibility index (Phi) is 6.51. The van der Waals surface area contributed by atoms with Crippen LogP contribution < -0.4 is 0 Å². The minimum Gasteiger partial charge on any atom is -0.323 e. The van der Waals surface area contributed by atoms with Crippen LogP contribution in [0.4, 0.5) is 4.79 Å². The minimum atomic E-state index is -4.10. The van der Waals surface area contributed by atoms with Gasteiger partial charge >= 0.3 is 6.03 Å². The number of carbonyl (C=O) groups is 1. The summed E-state index contributed by atoms with van der Waals surface area (Å²) in [4.78, 5) is 18.4. The van der Waals surface area contributed by atoms with Crippen LogP contribution in [0.25, 0.3) is 0 Å². The Labute approximate surface area is 175 Å². The third-order valence-corrected chi connectivity index (χ3v) is 6.22. The van der Waals surface area contributed by atoms with Crippen molar-refractivity contribution < 1.29 is 13.2 Å². The molecule has 6 nitrogen and oxygen atoms in total. The van der Waals surface area contributed by atoms with Crippen LogP contribution in [0.15, 0.2) is 84.0 Å². The molecule has 0 aliphatic heterocycles. The molecule has 0 saturated carbocycles. The standard InChI is InChI=1S/C21H20ClN3O3S/c1-24(15-17-6-3-2-4-7-17)21(26)25(16-18-9-11-19(22)12-10-18)29(27,28)20-8-5-13-23-14-20/h2-14H,15-16H2,1H3. The van der Waals surface area contributed by atoms with Crippen LogP contribution in [-0.4, -0.2) is 35.7 Å². The lowest BCUT2D eigenvalue weighted by Gasteiger charge is -2.28. The second-order valence-electron chi connectivity index (χ2n) is 6.45. The molecule has 3 rings (SSSR count). The van der Waals surface area contributed by atoms with E-state index < -0.39 is 16.1 Å². The summed E-state index contributed by atoms with van der Waals surface area (Å²) in [5.41, 5.74) is 1.54. The van der Waals surface area contributed by atoms with Gasteiger partial charge < -0.3 is 4.90 Å². The van der Waals surface area contributed by atoms with Crippen molar-refractivity contribution in [2.45, 2.75) is 18.0 Å². The van der Waals surface area contributed by atoms with Gasteiger partial charge in [-0.15, -0.1) is 0 Å². The van der Waals surface area contributed by atoms with E-state index >= 15 is 0 Å². The molecule has 29 heavy (non-hydrogen) atoms. The van der Waals surface area contributed by atoms with E-state index in [1.54, 1.807) is 31.3 Å². The van der Waals surface area contributed by atoms with Crippen LogP contribution in [0, 0.1) is 0 Å². The molecular formula is C21H20ClN3O3S. The van der Waals surface area contributed by atoms with Gasteiger partial charge in [0, 0.05) is 31.0 Å². The molecule has 150 valence electrons. The molecule has 0 radical (unpaired) electrons. The Balaban J connectivity index is 1.93. The summed E-state index contributed by atoms with van der Waals surface area (Å²) in [5, 5.41) is 0.530. The number of hydrogen-bond acceptors (Lipinski definition) is 4. The minimum absolute atomic E-state index is 0.0459. The number of amides is 2. The van der Waals surface area contributed by atoms with Crippen molar-refractivity contribution in [1.29, 1.82) is 0 Å². The summed E-state index contributed by atoms with van der Waals surface area (Å²) >= 11 is 5.92. The third-order valence-electron chi connectivity index (χ3n) is 4.26. The predicted octanol–water partition coefficient (Wildman–Crippen LogP) is 4.18. The molecule has 0 spiro atoms. The fourth-order valence-electron chi connectivity index (χ4n) is 2.75. The second-order valence-corrected chi connectivity index (χ2v) is 8.75. The van der Waals surface area contributed by atoms with Crippen LogP contribution in [0.2, 0.25) is 5.02 Å². The average Bonchev–Trinajstić information content (AvgIpc) is 2.74. The van der Waals surface area contributed by atoms with E-state index in [1.807, 2.05) is 30.3 Å². The highest BCUT2D eigenvalue weighted by molar-refractivity contribution is 7.89. The number of pyridine rings is 1. The Hall–Kier alpha value is -2.90. The summed E-state index contributed by atoms with van der Waals surface area (Å²) < 4.78 is 27.3. The fraction of sp³-hybridized carbons (Fsp3) is 0.143. The highest BCUT2D eigenvalue weighted by Gasteiger charge is 2.32. The zero-order valence-electron chi connectivity index (χ0n) is 15.8. The zero-order chi connectivity index (χ0) is 20.9. The van der Waals surface area contributed by atoms with Gasteiger partial charge in [0.2, 0.25) is 0 Å². The molecule has 2 aromatic carbocycles. The Bertz CT molecular complexity index is 1060. The molecule has 1 heterocycles. The highest BCUT2D eigenvalue weighted by atomic mass is 35.5. The maximum Gasteiger partial charge on any atom is 0.334 e. The quantitative estimate of drug-likeness (QED) is 0.589. The molecular weight excluding hydrogens is 410 g/mol. The van der Waals surface area contributed by atoms with Gasteiger partial charge in [0.05, 0.1) is 6.54 Å². The average molecular weight is 430 g/mol. The molecule has 0 atom stereocenters. The maximum atomic E-state index is 13.2.